The number of aliphatic hydroxyl groups is 4. The molecule has 0 spiro atoms. The van der Waals surface area contributed by atoms with Crippen molar-refractivity contribution in [2.45, 2.75) is 76.2 Å². The number of rotatable bonds is 9. The fraction of sp³-hybridized carbons (Fsp3) is 0.938. The van der Waals surface area contributed by atoms with Crippen molar-refractivity contribution in [1.82, 2.24) is 4.90 Å². The van der Waals surface area contributed by atoms with Gasteiger partial charge in [-0.1, -0.05) is 45.4 Å². The molecule has 0 aliphatic carbocycles. The summed E-state index contributed by atoms with van der Waals surface area (Å²) in [6.07, 6.45) is 3.07. The molecule has 4 N–H and O–H groups in total. The molecule has 1 rings (SSSR count). The Morgan fingerprint density at radius 2 is 1.65 bits per heavy atom. The lowest BCUT2D eigenvalue weighted by atomic mass is 9.95. The van der Waals surface area contributed by atoms with Gasteiger partial charge in [0.05, 0.1) is 25.8 Å². The molecule has 1 saturated heterocycles. The van der Waals surface area contributed by atoms with E-state index in [1.54, 1.807) is 0 Å². The average molecular weight is 333 g/mol. The number of unbranched alkanes of at least 4 members (excludes halogenated alkanes) is 6. The highest BCUT2D eigenvalue weighted by Crippen LogP contribution is 2.20. The summed E-state index contributed by atoms with van der Waals surface area (Å²) in [5, 5.41) is 38.4. The molecule has 0 aromatic rings. The third kappa shape index (κ3) is 6.25. The van der Waals surface area contributed by atoms with E-state index in [-0.39, 0.29) is 13.2 Å². The van der Waals surface area contributed by atoms with Gasteiger partial charge in [0.25, 0.3) is 0 Å². The van der Waals surface area contributed by atoms with E-state index < -0.39 is 37.1 Å². The molecule has 0 unspecified atom stereocenters. The predicted molar refractivity (Wildman–Crippen MR) is 84.9 cm³/mol. The molecule has 1 aliphatic rings. The Balaban J connectivity index is 2.27. The summed E-state index contributed by atoms with van der Waals surface area (Å²) in [5.41, 5.74) is 0. The molecular weight excluding hydrogens is 302 g/mol. The number of hydrogen-bond acceptors (Lipinski definition) is 6. The van der Waals surface area contributed by atoms with Gasteiger partial charge in [-0.2, -0.15) is 0 Å². The van der Waals surface area contributed by atoms with Crippen molar-refractivity contribution in [3.8, 4) is 0 Å². The molecule has 1 fully saturated rings. The van der Waals surface area contributed by atoms with E-state index in [0.717, 1.165) is 24.2 Å². The first-order valence-corrected chi connectivity index (χ1v) is 8.61. The molecule has 4 atom stereocenters. The largest absolute Gasteiger partial charge is 0.449 e. The zero-order valence-electron chi connectivity index (χ0n) is 13.9. The average Bonchev–Trinajstić information content (AvgIpc) is 2.54. The van der Waals surface area contributed by atoms with Gasteiger partial charge in [-0.25, -0.2) is 4.79 Å². The van der Waals surface area contributed by atoms with Crippen LogP contribution in [0.1, 0.15) is 51.9 Å². The zero-order chi connectivity index (χ0) is 17.2. The highest BCUT2D eigenvalue weighted by molar-refractivity contribution is 5.68. The lowest BCUT2D eigenvalue weighted by molar-refractivity contribution is -0.138. The van der Waals surface area contributed by atoms with Gasteiger partial charge in [-0.3, -0.25) is 4.90 Å². The van der Waals surface area contributed by atoms with Crippen molar-refractivity contribution in [2.24, 2.45) is 0 Å². The van der Waals surface area contributed by atoms with Crippen molar-refractivity contribution >= 4 is 6.09 Å². The van der Waals surface area contributed by atoms with Crippen LogP contribution in [0.15, 0.2) is 0 Å². The summed E-state index contributed by atoms with van der Waals surface area (Å²) in [5.74, 6) is 0. The minimum absolute atomic E-state index is 0.167. The number of hydrogen-bond donors (Lipinski definition) is 4. The molecule has 1 heterocycles. The van der Waals surface area contributed by atoms with Crippen LogP contribution in [-0.4, -0.2) is 75.5 Å². The first-order chi connectivity index (χ1) is 11.0. The summed E-state index contributed by atoms with van der Waals surface area (Å²) >= 11 is 0. The van der Waals surface area contributed by atoms with Gasteiger partial charge in [0, 0.05) is 0 Å². The molecule has 0 aromatic heterocycles. The Kier molecular flexibility index (Phi) is 9.47. The molecule has 0 bridgehead atoms. The lowest BCUT2D eigenvalue weighted by Gasteiger charge is -2.42. The maximum atomic E-state index is 12.0. The molecule has 0 saturated carbocycles. The van der Waals surface area contributed by atoms with E-state index in [0.29, 0.717) is 0 Å². The Bertz CT molecular complexity index is 341. The van der Waals surface area contributed by atoms with E-state index in [1.807, 2.05) is 0 Å². The Labute approximate surface area is 137 Å². The number of aliphatic hydroxyl groups excluding tert-OH is 4. The zero-order valence-corrected chi connectivity index (χ0v) is 13.9. The van der Waals surface area contributed by atoms with Gasteiger partial charge < -0.3 is 25.2 Å². The molecule has 0 aromatic carbocycles. The van der Waals surface area contributed by atoms with E-state index in [9.17, 15) is 25.2 Å². The van der Waals surface area contributed by atoms with Crippen molar-refractivity contribution < 1.29 is 30.0 Å². The van der Waals surface area contributed by atoms with Crippen LogP contribution < -0.4 is 0 Å². The van der Waals surface area contributed by atoms with E-state index in [4.69, 9.17) is 4.74 Å². The number of amides is 1. The summed E-state index contributed by atoms with van der Waals surface area (Å²) in [6.45, 7) is 1.78. The fourth-order valence-electron chi connectivity index (χ4n) is 2.80. The summed E-state index contributed by atoms with van der Waals surface area (Å²) in [7, 11) is 0. The van der Waals surface area contributed by atoms with Crippen LogP contribution in [0.5, 0.6) is 0 Å². The number of nitrogens with zero attached hydrogens (tertiary/aromatic N) is 1. The van der Waals surface area contributed by atoms with Crippen LogP contribution in [0.2, 0.25) is 0 Å². The van der Waals surface area contributed by atoms with E-state index in [1.165, 1.54) is 25.7 Å². The van der Waals surface area contributed by atoms with Crippen LogP contribution in [-0.2, 0) is 4.74 Å². The van der Waals surface area contributed by atoms with Crippen molar-refractivity contribution in [3.63, 3.8) is 0 Å². The molecule has 136 valence electrons. The van der Waals surface area contributed by atoms with Gasteiger partial charge in [0.2, 0.25) is 0 Å². The van der Waals surface area contributed by atoms with Gasteiger partial charge in [0.1, 0.15) is 18.3 Å². The van der Waals surface area contributed by atoms with E-state index >= 15 is 0 Å². The third-order valence-corrected chi connectivity index (χ3v) is 4.32. The number of carbonyl (C=O) groups excluding carboxylic acids is 1. The maximum Gasteiger partial charge on any atom is 0.410 e. The van der Waals surface area contributed by atoms with Crippen LogP contribution in [0.25, 0.3) is 0 Å². The smallest absolute Gasteiger partial charge is 0.410 e. The number of carbonyl (C=O) groups is 1. The minimum Gasteiger partial charge on any atom is -0.449 e. The number of piperidine rings is 1. The van der Waals surface area contributed by atoms with Crippen LogP contribution >= 0.6 is 0 Å². The number of β-amino-alcohol motifs (C(OH)–C–C–N with tert-alkyl or cyclic N) is 1. The van der Waals surface area contributed by atoms with E-state index in [2.05, 4.69) is 6.92 Å². The second-order valence-electron chi connectivity index (χ2n) is 6.19. The quantitative estimate of drug-likeness (QED) is 0.461. The Morgan fingerprint density at radius 3 is 2.26 bits per heavy atom. The fourth-order valence-corrected chi connectivity index (χ4v) is 2.80. The molecule has 23 heavy (non-hydrogen) atoms. The predicted octanol–water partition coefficient (Wildman–Crippen LogP) is 0.633. The number of likely N-dealkylation sites (tertiary alicyclic amines) is 1. The SMILES string of the molecule is CCCCCCCCCOC(=O)N1C[C@H](O)[C@@H](O)[C@H](O)[C@H]1CO. The van der Waals surface area contributed by atoms with Gasteiger partial charge in [-0.05, 0) is 6.42 Å². The monoisotopic (exact) mass is 333 g/mol. The van der Waals surface area contributed by atoms with Gasteiger partial charge in [-0.15, -0.1) is 0 Å². The van der Waals surface area contributed by atoms with Crippen LogP contribution in [0.3, 0.4) is 0 Å². The molecule has 7 heteroatoms. The first kappa shape index (κ1) is 20.2. The third-order valence-electron chi connectivity index (χ3n) is 4.32. The van der Waals surface area contributed by atoms with Gasteiger partial charge in [0.15, 0.2) is 0 Å². The first-order valence-electron chi connectivity index (χ1n) is 8.61. The Hall–Kier alpha value is -0.890. The van der Waals surface area contributed by atoms with Crippen molar-refractivity contribution in [1.29, 1.82) is 0 Å². The summed E-state index contributed by atoms with van der Waals surface area (Å²) in [6, 6.07) is -0.963. The topological polar surface area (TPSA) is 110 Å². The summed E-state index contributed by atoms with van der Waals surface area (Å²) < 4.78 is 5.15. The van der Waals surface area contributed by atoms with Crippen LogP contribution in [0, 0.1) is 0 Å². The molecule has 7 nitrogen and oxygen atoms in total. The number of ether oxygens (including phenoxy) is 1. The molecule has 1 aliphatic heterocycles. The molecular formula is C16H31NO6. The molecule has 0 radical (unpaired) electrons. The standard InChI is InChI=1S/C16H31NO6/c1-2-3-4-5-6-7-8-9-23-16(22)17-10-13(19)15(21)14(20)12(17)11-18/h12-15,18-21H,2-11H2,1H3/t12-,13+,14-,15-/m1/s1. The summed E-state index contributed by atoms with van der Waals surface area (Å²) in [4.78, 5) is 13.1. The van der Waals surface area contributed by atoms with Crippen molar-refractivity contribution in [2.75, 3.05) is 19.8 Å². The highest BCUT2D eigenvalue weighted by atomic mass is 16.6. The second kappa shape index (κ2) is 10.8. The highest BCUT2D eigenvalue weighted by Gasteiger charge is 2.43. The van der Waals surface area contributed by atoms with Crippen molar-refractivity contribution in [3.05, 3.63) is 0 Å². The minimum atomic E-state index is -1.39. The normalized spacial score (nSPS) is 28.0. The molecule has 1 amide bonds. The maximum absolute atomic E-state index is 12.0. The Morgan fingerprint density at radius 1 is 1.04 bits per heavy atom. The van der Waals surface area contributed by atoms with Gasteiger partial charge >= 0.3 is 6.09 Å². The van der Waals surface area contributed by atoms with Crippen LogP contribution in [0.4, 0.5) is 4.79 Å². The lowest BCUT2D eigenvalue weighted by Crippen LogP contribution is -2.63. The second-order valence-corrected chi connectivity index (χ2v) is 6.19.